The average Bonchev–Trinajstić information content (AvgIpc) is 3.01. The van der Waals surface area contributed by atoms with E-state index in [9.17, 15) is 16.8 Å². The molecule has 0 atom stereocenters. The molecule has 2 aromatic carbocycles. The van der Waals surface area contributed by atoms with Gasteiger partial charge in [-0.1, -0.05) is 18.2 Å². The van der Waals surface area contributed by atoms with Gasteiger partial charge >= 0.3 is 0 Å². The maximum atomic E-state index is 12.6. The molecule has 0 unspecified atom stereocenters. The lowest BCUT2D eigenvalue weighted by Crippen LogP contribution is -2.29. The van der Waals surface area contributed by atoms with Crippen LogP contribution in [0.15, 0.2) is 56.7 Å². The van der Waals surface area contributed by atoms with E-state index in [2.05, 4.69) is 37.7 Å². The molecular formula is C18H21BrN2O4S2. The van der Waals surface area contributed by atoms with Crippen LogP contribution in [-0.2, 0) is 26.3 Å². The fourth-order valence-electron chi connectivity index (χ4n) is 3.11. The monoisotopic (exact) mass is 472 g/mol. The summed E-state index contributed by atoms with van der Waals surface area (Å²) in [5.41, 5.74) is 2.53. The van der Waals surface area contributed by atoms with Gasteiger partial charge in [0, 0.05) is 36.1 Å². The third-order valence-electron chi connectivity index (χ3n) is 4.50. The number of benzene rings is 2. The van der Waals surface area contributed by atoms with Crippen molar-refractivity contribution >= 4 is 41.5 Å². The zero-order valence-electron chi connectivity index (χ0n) is 14.9. The predicted molar refractivity (Wildman–Crippen MR) is 109 cm³/mol. The summed E-state index contributed by atoms with van der Waals surface area (Å²) in [7, 11) is -7.30. The molecule has 9 heteroatoms. The Morgan fingerprint density at radius 3 is 2.59 bits per heavy atom. The van der Waals surface area contributed by atoms with E-state index in [1.165, 1.54) is 29.4 Å². The van der Waals surface area contributed by atoms with E-state index in [4.69, 9.17) is 0 Å². The van der Waals surface area contributed by atoms with Crippen LogP contribution in [-0.4, -0.2) is 42.7 Å². The van der Waals surface area contributed by atoms with Gasteiger partial charge in [-0.25, -0.2) is 21.6 Å². The van der Waals surface area contributed by atoms with Crippen LogP contribution in [0, 0.1) is 0 Å². The number of sulfone groups is 1. The molecule has 3 rings (SSSR count). The molecule has 2 aromatic rings. The zero-order valence-corrected chi connectivity index (χ0v) is 18.1. The predicted octanol–water partition coefficient (Wildman–Crippen LogP) is 2.58. The van der Waals surface area contributed by atoms with Crippen LogP contribution in [0.1, 0.15) is 12.0 Å². The lowest BCUT2D eigenvalue weighted by atomic mass is 10.2. The lowest BCUT2D eigenvalue weighted by Gasteiger charge is -2.19. The second-order valence-corrected chi connectivity index (χ2v) is 11.1. The van der Waals surface area contributed by atoms with Crippen LogP contribution in [0.5, 0.6) is 0 Å². The Labute approximate surface area is 168 Å². The number of anilines is 1. The minimum Gasteiger partial charge on any atom is -0.371 e. The fraction of sp³-hybridized carbons (Fsp3) is 0.333. The van der Waals surface area contributed by atoms with E-state index in [0.29, 0.717) is 10.9 Å². The summed E-state index contributed by atoms with van der Waals surface area (Å²) in [4.78, 5) is 2.15. The number of hydrogen-bond donors (Lipinski definition) is 1. The topological polar surface area (TPSA) is 83.5 Å². The maximum absolute atomic E-state index is 12.6. The quantitative estimate of drug-likeness (QED) is 0.626. The van der Waals surface area contributed by atoms with Crippen molar-refractivity contribution < 1.29 is 16.8 Å². The summed E-state index contributed by atoms with van der Waals surface area (Å²) in [5.74, 6) is 0. The van der Waals surface area contributed by atoms with Gasteiger partial charge in [-0.15, -0.1) is 0 Å². The number of sulfonamides is 1. The first kappa shape index (κ1) is 20.3. The van der Waals surface area contributed by atoms with Gasteiger partial charge in [0.25, 0.3) is 0 Å². The molecule has 1 heterocycles. The first-order valence-corrected chi connectivity index (χ1v) is 12.7. The van der Waals surface area contributed by atoms with Gasteiger partial charge in [0.05, 0.1) is 9.79 Å². The Morgan fingerprint density at radius 1 is 1.11 bits per heavy atom. The number of nitrogens with zero attached hydrogens (tertiary/aromatic N) is 1. The molecule has 27 heavy (non-hydrogen) atoms. The highest BCUT2D eigenvalue weighted by Crippen LogP contribution is 2.27. The van der Waals surface area contributed by atoms with E-state index in [-0.39, 0.29) is 16.3 Å². The summed E-state index contributed by atoms with van der Waals surface area (Å²) >= 11 is 3.19. The molecule has 0 aromatic heterocycles. The molecule has 6 nitrogen and oxygen atoms in total. The molecule has 0 saturated heterocycles. The molecule has 0 radical (unpaired) electrons. The first-order chi connectivity index (χ1) is 12.7. The van der Waals surface area contributed by atoms with Crippen molar-refractivity contribution in [1.82, 2.24) is 4.72 Å². The van der Waals surface area contributed by atoms with Crippen LogP contribution in [0.4, 0.5) is 5.69 Å². The summed E-state index contributed by atoms with van der Waals surface area (Å²) < 4.78 is 51.4. The molecule has 1 aliphatic rings. The summed E-state index contributed by atoms with van der Waals surface area (Å²) in [5, 5.41) is 0. The molecule has 0 bridgehead atoms. The van der Waals surface area contributed by atoms with Crippen molar-refractivity contribution in [2.24, 2.45) is 0 Å². The summed E-state index contributed by atoms with van der Waals surface area (Å²) in [6, 6.07) is 12.2. The Bertz CT molecular complexity index is 1050. The third-order valence-corrected chi connectivity index (χ3v) is 8.07. The summed E-state index contributed by atoms with van der Waals surface area (Å²) in [6.45, 7) is 1.97. The minimum absolute atomic E-state index is 0.0280. The fourth-order valence-corrected chi connectivity index (χ4v) is 5.90. The molecular weight excluding hydrogens is 452 g/mol. The molecule has 0 spiro atoms. The molecule has 1 N–H and O–H groups in total. The largest absolute Gasteiger partial charge is 0.371 e. The number of halogens is 1. The first-order valence-electron chi connectivity index (χ1n) is 8.50. The van der Waals surface area contributed by atoms with Crippen molar-refractivity contribution in [3.63, 3.8) is 0 Å². The molecule has 0 aliphatic carbocycles. The second-order valence-electron chi connectivity index (χ2n) is 6.48. The van der Waals surface area contributed by atoms with E-state index >= 15 is 0 Å². The standard InChI is InChI=1S/C18H21BrN2O4S2/c1-26(22,23)15-7-8-16(19)18(13-15)27(24,25)20-10-4-11-21-12-9-14-5-2-3-6-17(14)21/h2-3,5-8,13,20H,4,9-12H2,1H3. The number of rotatable bonds is 7. The number of para-hydroxylation sites is 1. The number of fused-ring (bicyclic) bond motifs is 1. The van der Waals surface area contributed by atoms with Crippen LogP contribution >= 0.6 is 15.9 Å². The highest BCUT2D eigenvalue weighted by atomic mass is 79.9. The van der Waals surface area contributed by atoms with Crippen LogP contribution in [0.25, 0.3) is 0 Å². The smallest absolute Gasteiger partial charge is 0.241 e. The minimum atomic E-state index is -3.81. The SMILES string of the molecule is CS(=O)(=O)c1ccc(Br)c(S(=O)(=O)NCCCN2CCc3ccccc32)c1. The van der Waals surface area contributed by atoms with Gasteiger partial charge in [-0.05, 0) is 58.6 Å². The molecule has 0 saturated carbocycles. The van der Waals surface area contributed by atoms with E-state index in [1.54, 1.807) is 0 Å². The Balaban J connectivity index is 1.63. The highest BCUT2D eigenvalue weighted by Gasteiger charge is 2.21. The van der Waals surface area contributed by atoms with Gasteiger partial charge in [-0.2, -0.15) is 0 Å². The van der Waals surface area contributed by atoms with E-state index in [1.807, 2.05) is 12.1 Å². The van der Waals surface area contributed by atoms with Crippen molar-refractivity contribution in [2.45, 2.75) is 22.6 Å². The Morgan fingerprint density at radius 2 is 1.85 bits per heavy atom. The van der Waals surface area contributed by atoms with Crippen molar-refractivity contribution in [3.8, 4) is 0 Å². The van der Waals surface area contributed by atoms with Crippen LogP contribution < -0.4 is 9.62 Å². The summed E-state index contributed by atoms with van der Waals surface area (Å²) in [6.07, 6.45) is 2.71. The van der Waals surface area contributed by atoms with Crippen molar-refractivity contribution in [2.75, 3.05) is 30.8 Å². The van der Waals surface area contributed by atoms with Crippen LogP contribution in [0.2, 0.25) is 0 Å². The molecule has 0 amide bonds. The van der Waals surface area contributed by atoms with E-state index in [0.717, 1.165) is 25.8 Å². The van der Waals surface area contributed by atoms with Crippen LogP contribution in [0.3, 0.4) is 0 Å². The molecule has 146 valence electrons. The average molecular weight is 473 g/mol. The van der Waals surface area contributed by atoms with Crippen molar-refractivity contribution in [3.05, 3.63) is 52.5 Å². The lowest BCUT2D eigenvalue weighted by molar-refractivity contribution is 0.577. The third kappa shape index (κ3) is 4.71. The van der Waals surface area contributed by atoms with Gasteiger partial charge in [0.15, 0.2) is 9.84 Å². The number of nitrogens with one attached hydrogen (secondary N) is 1. The normalized spacial score (nSPS) is 14.4. The Hall–Kier alpha value is -1.42. The maximum Gasteiger partial charge on any atom is 0.241 e. The van der Waals surface area contributed by atoms with E-state index < -0.39 is 19.9 Å². The Kier molecular flexibility index (Phi) is 5.95. The molecule has 1 aliphatic heterocycles. The zero-order chi connectivity index (χ0) is 19.7. The van der Waals surface area contributed by atoms with Crippen molar-refractivity contribution in [1.29, 1.82) is 0 Å². The van der Waals surface area contributed by atoms with Gasteiger partial charge in [-0.3, -0.25) is 0 Å². The second kappa shape index (κ2) is 7.90. The van der Waals surface area contributed by atoms with Gasteiger partial charge < -0.3 is 4.90 Å². The highest BCUT2D eigenvalue weighted by molar-refractivity contribution is 9.10. The molecule has 0 fully saturated rings. The van der Waals surface area contributed by atoms with Gasteiger partial charge in [0.2, 0.25) is 10.0 Å². The number of hydrogen-bond acceptors (Lipinski definition) is 5. The van der Waals surface area contributed by atoms with Gasteiger partial charge in [0.1, 0.15) is 0 Å².